The highest BCUT2D eigenvalue weighted by atomic mass is 15.2. The summed E-state index contributed by atoms with van der Waals surface area (Å²) in [5.41, 5.74) is 0. The topological polar surface area (TPSA) is 15.3 Å². The molecule has 1 heterocycles. The Morgan fingerprint density at radius 3 is 2.10 bits per heavy atom. The summed E-state index contributed by atoms with van der Waals surface area (Å²) in [6.45, 7) is 10.00. The van der Waals surface area contributed by atoms with Crippen molar-refractivity contribution >= 4 is 0 Å². The van der Waals surface area contributed by atoms with Crippen molar-refractivity contribution in [3.8, 4) is 0 Å². The van der Waals surface area contributed by atoms with E-state index in [1.165, 1.54) is 64.5 Å². The minimum Gasteiger partial charge on any atom is -0.310 e. The molecule has 0 bridgehead atoms. The van der Waals surface area contributed by atoms with Crippen molar-refractivity contribution in [1.29, 1.82) is 0 Å². The Balaban J connectivity index is 1.59. The van der Waals surface area contributed by atoms with Gasteiger partial charge >= 0.3 is 0 Å². The van der Waals surface area contributed by atoms with E-state index in [1.54, 1.807) is 0 Å². The van der Waals surface area contributed by atoms with Crippen LogP contribution in [0.1, 0.15) is 72.1 Å². The first-order chi connectivity index (χ1) is 10.1. The Kier molecular flexibility index (Phi) is 5.27. The zero-order valence-electron chi connectivity index (χ0n) is 14.5. The third kappa shape index (κ3) is 3.82. The SMILES string of the molecule is CC(C)C1CC(NC2CCCC2)CN(C(C)C2CCC2)C1. The standard InChI is InChI=1S/C19H36N2/c1-14(2)17-11-19(20-18-9-4-5-10-18)13-21(12-17)15(3)16-7-6-8-16/h14-20H,4-13H2,1-3H3. The van der Waals surface area contributed by atoms with Crippen LogP contribution in [0.15, 0.2) is 0 Å². The minimum absolute atomic E-state index is 0.747. The predicted octanol–water partition coefficient (Wildman–Crippen LogP) is 4.05. The fraction of sp³-hybridized carbons (Fsp3) is 1.00. The molecule has 0 aromatic rings. The van der Waals surface area contributed by atoms with Crippen LogP contribution in [0.2, 0.25) is 0 Å². The van der Waals surface area contributed by atoms with Crippen molar-refractivity contribution in [2.75, 3.05) is 13.1 Å². The van der Waals surface area contributed by atoms with Crippen LogP contribution in [-0.2, 0) is 0 Å². The highest BCUT2D eigenvalue weighted by Crippen LogP contribution is 2.35. The van der Waals surface area contributed by atoms with Gasteiger partial charge < -0.3 is 5.32 Å². The van der Waals surface area contributed by atoms with E-state index in [0.717, 1.165) is 35.9 Å². The molecule has 3 fully saturated rings. The van der Waals surface area contributed by atoms with Gasteiger partial charge in [0.2, 0.25) is 0 Å². The summed E-state index contributed by atoms with van der Waals surface area (Å²) in [4.78, 5) is 2.84. The average molecular weight is 293 g/mol. The number of nitrogens with zero attached hydrogens (tertiary/aromatic N) is 1. The number of likely N-dealkylation sites (tertiary alicyclic amines) is 1. The zero-order chi connectivity index (χ0) is 14.8. The lowest BCUT2D eigenvalue weighted by molar-refractivity contribution is 0.0375. The van der Waals surface area contributed by atoms with E-state index in [2.05, 4.69) is 31.0 Å². The van der Waals surface area contributed by atoms with E-state index in [4.69, 9.17) is 0 Å². The van der Waals surface area contributed by atoms with Gasteiger partial charge in [-0.05, 0) is 56.8 Å². The summed E-state index contributed by atoms with van der Waals surface area (Å²) >= 11 is 0. The maximum atomic E-state index is 4.02. The van der Waals surface area contributed by atoms with Gasteiger partial charge in [-0.15, -0.1) is 0 Å². The Labute approximate surface area is 132 Å². The Bertz CT molecular complexity index is 316. The molecule has 3 aliphatic rings. The third-order valence-corrected chi connectivity index (χ3v) is 6.69. The molecule has 21 heavy (non-hydrogen) atoms. The van der Waals surface area contributed by atoms with E-state index >= 15 is 0 Å². The highest BCUT2D eigenvalue weighted by molar-refractivity contribution is 4.92. The lowest BCUT2D eigenvalue weighted by Gasteiger charge is -2.47. The summed E-state index contributed by atoms with van der Waals surface area (Å²) in [6, 6.07) is 2.38. The second-order valence-electron chi connectivity index (χ2n) is 8.47. The quantitative estimate of drug-likeness (QED) is 0.822. The van der Waals surface area contributed by atoms with Crippen LogP contribution in [0, 0.1) is 17.8 Å². The van der Waals surface area contributed by atoms with Crippen LogP contribution >= 0.6 is 0 Å². The molecule has 1 N–H and O–H groups in total. The van der Waals surface area contributed by atoms with Gasteiger partial charge in [-0.3, -0.25) is 4.90 Å². The number of piperidine rings is 1. The molecule has 2 saturated carbocycles. The number of nitrogens with one attached hydrogen (secondary N) is 1. The summed E-state index contributed by atoms with van der Waals surface area (Å²) in [7, 11) is 0. The van der Waals surface area contributed by atoms with Crippen molar-refractivity contribution in [3.05, 3.63) is 0 Å². The van der Waals surface area contributed by atoms with Gasteiger partial charge in [0.05, 0.1) is 0 Å². The lowest BCUT2D eigenvalue weighted by atomic mass is 9.77. The van der Waals surface area contributed by atoms with Crippen molar-refractivity contribution < 1.29 is 0 Å². The predicted molar refractivity (Wildman–Crippen MR) is 90.5 cm³/mol. The van der Waals surface area contributed by atoms with Crippen LogP contribution in [0.4, 0.5) is 0 Å². The molecule has 3 rings (SSSR count). The van der Waals surface area contributed by atoms with Gasteiger partial charge in [-0.2, -0.15) is 0 Å². The van der Waals surface area contributed by atoms with Gasteiger partial charge in [0.15, 0.2) is 0 Å². The molecule has 2 nitrogen and oxygen atoms in total. The molecule has 2 heteroatoms. The zero-order valence-corrected chi connectivity index (χ0v) is 14.5. The fourth-order valence-corrected chi connectivity index (χ4v) is 4.76. The van der Waals surface area contributed by atoms with Crippen LogP contribution in [0.25, 0.3) is 0 Å². The molecule has 3 unspecified atom stereocenters. The normalized spacial score (nSPS) is 34.3. The Morgan fingerprint density at radius 1 is 0.810 bits per heavy atom. The summed E-state index contributed by atoms with van der Waals surface area (Å²) in [6.07, 6.45) is 11.6. The van der Waals surface area contributed by atoms with Gasteiger partial charge in [-0.25, -0.2) is 0 Å². The van der Waals surface area contributed by atoms with Crippen molar-refractivity contribution in [2.45, 2.75) is 90.3 Å². The van der Waals surface area contributed by atoms with E-state index in [-0.39, 0.29) is 0 Å². The molecule has 0 amide bonds. The van der Waals surface area contributed by atoms with Crippen LogP contribution < -0.4 is 5.32 Å². The minimum atomic E-state index is 0.747. The van der Waals surface area contributed by atoms with E-state index in [1.807, 2.05) is 0 Å². The van der Waals surface area contributed by atoms with Crippen molar-refractivity contribution in [1.82, 2.24) is 10.2 Å². The van der Waals surface area contributed by atoms with Crippen molar-refractivity contribution in [3.63, 3.8) is 0 Å². The van der Waals surface area contributed by atoms with Crippen LogP contribution in [0.5, 0.6) is 0 Å². The maximum absolute atomic E-state index is 4.02. The molecular weight excluding hydrogens is 256 g/mol. The first-order valence-corrected chi connectivity index (χ1v) is 9.63. The Hall–Kier alpha value is -0.0800. The fourth-order valence-electron chi connectivity index (χ4n) is 4.76. The average Bonchev–Trinajstić information content (AvgIpc) is 2.89. The van der Waals surface area contributed by atoms with Gasteiger partial charge in [0.25, 0.3) is 0 Å². The molecule has 1 aliphatic heterocycles. The molecule has 0 aromatic heterocycles. The summed E-state index contributed by atoms with van der Waals surface area (Å²) in [5, 5.41) is 4.02. The van der Waals surface area contributed by atoms with E-state index < -0.39 is 0 Å². The molecule has 2 aliphatic carbocycles. The monoisotopic (exact) mass is 292 g/mol. The number of hydrogen-bond acceptors (Lipinski definition) is 2. The molecule has 0 spiro atoms. The van der Waals surface area contributed by atoms with Gasteiger partial charge in [-0.1, -0.05) is 33.1 Å². The molecule has 1 saturated heterocycles. The van der Waals surface area contributed by atoms with E-state index in [9.17, 15) is 0 Å². The van der Waals surface area contributed by atoms with Gasteiger partial charge in [0, 0.05) is 31.2 Å². The van der Waals surface area contributed by atoms with Crippen LogP contribution in [0.3, 0.4) is 0 Å². The molecule has 0 aromatic carbocycles. The van der Waals surface area contributed by atoms with Crippen molar-refractivity contribution in [2.24, 2.45) is 17.8 Å². The maximum Gasteiger partial charge on any atom is 0.0200 e. The molecule has 3 atom stereocenters. The number of rotatable bonds is 5. The molecule has 122 valence electrons. The second kappa shape index (κ2) is 7.00. The molecule has 0 radical (unpaired) electrons. The van der Waals surface area contributed by atoms with E-state index in [0.29, 0.717) is 0 Å². The summed E-state index contributed by atoms with van der Waals surface area (Å²) < 4.78 is 0. The largest absolute Gasteiger partial charge is 0.310 e. The highest BCUT2D eigenvalue weighted by Gasteiger charge is 2.36. The third-order valence-electron chi connectivity index (χ3n) is 6.69. The summed E-state index contributed by atoms with van der Waals surface area (Å²) in [5.74, 6) is 2.71. The second-order valence-corrected chi connectivity index (χ2v) is 8.47. The van der Waals surface area contributed by atoms with Crippen LogP contribution in [-0.4, -0.2) is 36.1 Å². The smallest absolute Gasteiger partial charge is 0.0200 e. The van der Waals surface area contributed by atoms with Gasteiger partial charge in [0.1, 0.15) is 0 Å². The lowest BCUT2D eigenvalue weighted by Crippen LogP contribution is -2.56. The first kappa shape index (κ1) is 15.8. The number of hydrogen-bond donors (Lipinski definition) is 1. The Morgan fingerprint density at radius 2 is 1.52 bits per heavy atom. The first-order valence-electron chi connectivity index (χ1n) is 9.63. The molecular formula is C19H36N2.